The van der Waals surface area contributed by atoms with Crippen LogP contribution in [0.25, 0.3) is 0 Å². The van der Waals surface area contributed by atoms with Crippen molar-refractivity contribution in [2.45, 2.75) is 31.8 Å². The van der Waals surface area contributed by atoms with E-state index in [1.807, 2.05) is 17.0 Å². The number of nitrogens with one attached hydrogen (secondary N) is 1. The van der Waals surface area contributed by atoms with Gasteiger partial charge in [0.25, 0.3) is 0 Å². The minimum atomic E-state index is 0.123. The van der Waals surface area contributed by atoms with Crippen LogP contribution in [0.15, 0.2) is 24.3 Å². The van der Waals surface area contributed by atoms with Crippen LogP contribution < -0.4 is 5.32 Å². The third kappa shape index (κ3) is 3.89. The van der Waals surface area contributed by atoms with E-state index in [9.17, 15) is 4.79 Å². The Balaban J connectivity index is 1.42. The first-order valence-electron chi connectivity index (χ1n) is 7.73. The van der Waals surface area contributed by atoms with Gasteiger partial charge in [0, 0.05) is 43.8 Å². The number of amides is 2. The van der Waals surface area contributed by atoms with Crippen LogP contribution in [0.3, 0.4) is 0 Å². The van der Waals surface area contributed by atoms with Gasteiger partial charge in [0.15, 0.2) is 0 Å². The number of hydrogen-bond donors (Lipinski definition) is 1. The summed E-state index contributed by atoms with van der Waals surface area (Å²) in [6, 6.07) is 8.51. The molecule has 21 heavy (non-hydrogen) atoms. The van der Waals surface area contributed by atoms with Crippen molar-refractivity contribution >= 4 is 17.6 Å². The number of nitrogens with zero attached hydrogens (tertiary/aromatic N) is 2. The van der Waals surface area contributed by atoms with Crippen LogP contribution in [0.2, 0.25) is 5.02 Å². The van der Waals surface area contributed by atoms with E-state index in [4.69, 9.17) is 11.6 Å². The number of piperidine rings is 1. The second-order valence-electron chi connectivity index (χ2n) is 5.97. The number of hydrogen-bond acceptors (Lipinski definition) is 2. The first-order chi connectivity index (χ1) is 10.2. The SMILES string of the molecule is O=C(NC1CCN(Cc2ccc(Cl)cc2)CC1)N1CCC1. The van der Waals surface area contributed by atoms with Crippen molar-refractivity contribution in [1.82, 2.24) is 15.1 Å². The fraction of sp³-hybridized carbons (Fsp3) is 0.562. The van der Waals surface area contributed by atoms with Gasteiger partial charge in [-0.2, -0.15) is 0 Å². The summed E-state index contributed by atoms with van der Waals surface area (Å²) in [5.41, 5.74) is 1.29. The van der Waals surface area contributed by atoms with Crippen LogP contribution in [0, 0.1) is 0 Å². The second-order valence-corrected chi connectivity index (χ2v) is 6.40. The lowest BCUT2D eigenvalue weighted by atomic mass is 10.0. The van der Waals surface area contributed by atoms with Gasteiger partial charge in [-0.15, -0.1) is 0 Å². The van der Waals surface area contributed by atoms with Crippen molar-refractivity contribution in [1.29, 1.82) is 0 Å². The lowest BCUT2D eigenvalue weighted by Gasteiger charge is -2.36. The van der Waals surface area contributed by atoms with Crippen molar-refractivity contribution in [2.24, 2.45) is 0 Å². The second kappa shape index (κ2) is 6.67. The Morgan fingerprint density at radius 2 is 1.81 bits per heavy atom. The number of carbonyl (C=O) groups is 1. The summed E-state index contributed by atoms with van der Waals surface area (Å²) < 4.78 is 0. The zero-order valence-corrected chi connectivity index (χ0v) is 13.0. The lowest BCUT2D eigenvalue weighted by Crippen LogP contribution is -2.52. The van der Waals surface area contributed by atoms with Crippen LogP contribution in [-0.4, -0.2) is 48.1 Å². The van der Waals surface area contributed by atoms with Crippen molar-refractivity contribution in [3.05, 3.63) is 34.9 Å². The van der Waals surface area contributed by atoms with Gasteiger partial charge >= 0.3 is 6.03 Å². The minimum Gasteiger partial charge on any atom is -0.335 e. The molecular formula is C16H22ClN3O. The van der Waals surface area contributed by atoms with Crippen molar-refractivity contribution in [2.75, 3.05) is 26.2 Å². The number of benzene rings is 1. The average Bonchev–Trinajstić information content (AvgIpc) is 2.41. The van der Waals surface area contributed by atoms with E-state index in [0.29, 0.717) is 6.04 Å². The molecule has 0 atom stereocenters. The molecule has 0 aromatic heterocycles. The Labute approximate surface area is 131 Å². The fourth-order valence-electron chi connectivity index (χ4n) is 2.87. The van der Waals surface area contributed by atoms with E-state index in [1.165, 1.54) is 5.56 Å². The average molecular weight is 308 g/mol. The summed E-state index contributed by atoms with van der Waals surface area (Å²) in [7, 11) is 0. The molecule has 2 aliphatic rings. The molecule has 4 nitrogen and oxygen atoms in total. The van der Waals surface area contributed by atoms with E-state index in [2.05, 4.69) is 22.3 Å². The van der Waals surface area contributed by atoms with Crippen LogP contribution in [0.1, 0.15) is 24.8 Å². The molecule has 1 aromatic rings. The maximum absolute atomic E-state index is 11.9. The van der Waals surface area contributed by atoms with Gasteiger partial charge in [0.2, 0.25) is 0 Å². The summed E-state index contributed by atoms with van der Waals surface area (Å²) in [5, 5.41) is 3.94. The Kier molecular flexibility index (Phi) is 4.66. The maximum atomic E-state index is 11.9. The van der Waals surface area contributed by atoms with Crippen LogP contribution in [-0.2, 0) is 6.54 Å². The van der Waals surface area contributed by atoms with Gasteiger partial charge < -0.3 is 10.2 Å². The zero-order chi connectivity index (χ0) is 14.7. The standard InChI is InChI=1S/C16H22ClN3O/c17-14-4-2-13(3-5-14)12-19-10-6-15(7-11-19)18-16(21)20-8-1-9-20/h2-5,15H,1,6-12H2,(H,18,21). The molecule has 3 rings (SSSR count). The predicted molar refractivity (Wildman–Crippen MR) is 84.5 cm³/mol. The molecule has 1 N–H and O–H groups in total. The van der Waals surface area contributed by atoms with E-state index in [1.54, 1.807) is 0 Å². The van der Waals surface area contributed by atoms with Crippen LogP contribution in [0.4, 0.5) is 4.79 Å². The molecule has 2 saturated heterocycles. The summed E-state index contributed by atoms with van der Waals surface area (Å²) >= 11 is 5.91. The van der Waals surface area contributed by atoms with E-state index < -0.39 is 0 Å². The highest BCUT2D eigenvalue weighted by atomic mass is 35.5. The van der Waals surface area contributed by atoms with Crippen LogP contribution >= 0.6 is 11.6 Å². The molecule has 0 spiro atoms. The molecule has 2 heterocycles. The third-order valence-corrected chi connectivity index (χ3v) is 4.63. The first kappa shape index (κ1) is 14.7. The molecule has 0 bridgehead atoms. The molecule has 114 valence electrons. The van der Waals surface area contributed by atoms with Gasteiger partial charge in [-0.3, -0.25) is 4.90 Å². The Hall–Kier alpha value is -1.26. The molecule has 0 saturated carbocycles. The largest absolute Gasteiger partial charge is 0.335 e. The monoisotopic (exact) mass is 307 g/mol. The van der Waals surface area contributed by atoms with Gasteiger partial charge in [0.05, 0.1) is 0 Å². The third-order valence-electron chi connectivity index (χ3n) is 4.38. The summed E-state index contributed by atoms with van der Waals surface area (Å²) in [4.78, 5) is 16.2. The van der Waals surface area contributed by atoms with Crippen molar-refractivity contribution in [3.63, 3.8) is 0 Å². The lowest BCUT2D eigenvalue weighted by molar-refractivity contribution is 0.149. The highest BCUT2D eigenvalue weighted by Crippen LogP contribution is 2.16. The Morgan fingerprint density at radius 3 is 2.38 bits per heavy atom. The molecule has 0 aliphatic carbocycles. The minimum absolute atomic E-state index is 0.123. The van der Waals surface area contributed by atoms with E-state index >= 15 is 0 Å². The molecule has 2 fully saturated rings. The van der Waals surface area contributed by atoms with Crippen LogP contribution in [0.5, 0.6) is 0 Å². The first-order valence-corrected chi connectivity index (χ1v) is 8.11. The Morgan fingerprint density at radius 1 is 1.14 bits per heavy atom. The number of rotatable bonds is 3. The highest BCUT2D eigenvalue weighted by molar-refractivity contribution is 6.30. The number of urea groups is 1. The molecule has 2 amide bonds. The quantitative estimate of drug-likeness (QED) is 0.932. The smallest absolute Gasteiger partial charge is 0.317 e. The maximum Gasteiger partial charge on any atom is 0.317 e. The van der Waals surface area contributed by atoms with Crippen molar-refractivity contribution < 1.29 is 4.79 Å². The molecule has 5 heteroatoms. The topological polar surface area (TPSA) is 35.6 Å². The van der Waals surface area contributed by atoms with Gasteiger partial charge in [-0.1, -0.05) is 23.7 Å². The Bertz CT molecular complexity index is 479. The molecule has 2 aliphatic heterocycles. The van der Waals surface area contributed by atoms with Crippen molar-refractivity contribution in [3.8, 4) is 0 Å². The highest BCUT2D eigenvalue weighted by Gasteiger charge is 2.25. The summed E-state index contributed by atoms with van der Waals surface area (Å²) in [6.07, 6.45) is 3.22. The van der Waals surface area contributed by atoms with Gasteiger partial charge in [0.1, 0.15) is 0 Å². The normalized spacial score (nSPS) is 20.1. The molecule has 0 unspecified atom stereocenters. The van der Waals surface area contributed by atoms with Gasteiger partial charge in [-0.25, -0.2) is 4.79 Å². The zero-order valence-electron chi connectivity index (χ0n) is 12.2. The molecule has 0 radical (unpaired) electrons. The number of halogens is 1. The number of likely N-dealkylation sites (tertiary alicyclic amines) is 2. The predicted octanol–water partition coefficient (Wildman–Crippen LogP) is 2.72. The number of carbonyl (C=O) groups excluding carboxylic acids is 1. The van der Waals surface area contributed by atoms with Gasteiger partial charge in [-0.05, 0) is 37.0 Å². The molecule has 1 aromatic carbocycles. The van der Waals surface area contributed by atoms with E-state index in [-0.39, 0.29) is 6.03 Å². The summed E-state index contributed by atoms with van der Waals surface area (Å²) in [6.45, 7) is 4.87. The fourth-order valence-corrected chi connectivity index (χ4v) is 2.99. The molecular weight excluding hydrogens is 286 g/mol. The van der Waals surface area contributed by atoms with E-state index in [0.717, 1.165) is 57.0 Å². The summed E-state index contributed by atoms with van der Waals surface area (Å²) in [5.74, 6) is 0.